The summed E-state index contributed by atoms with van der Waals surface area (Å²) in [6.45, 7) is 0.706. The number of nitrogens with one attached hydrogen (secondary N) is 1. The third-order valence-electron chi connectivity index (χ3n) is 4.36. The van der Waals surface area contributed by atoms with Crippen molar-refractivity contribution in [3.8, 4) is 5.75 Å². The molecule has 2 aliphatic rings. The van der Waals surface area contributed by atoms with Gasteiger partial charge in [-0.3, -0.25) is 4.98 Å². The SMILES string of the molecule is COc1cncc(CNc2nc(C3CC3)nc3c2CCC3)c1. The summed E-state index contributed by atoms with van der Waals surface area (Å²) in [5, 5.41) is 3.49. The molecule has 114 valence electrons. The monoisotopic (exact) mass is 296 g/mol. The molecule has 2 heterocycles. The van der Waals surface area contributed by atoms with Gasteiger partial charge in [0.1, 0.15) is 17.4 Å². The van der Waals surface area contributed by atoms with E-state index in [9.17, 15) is 0 Å². The first kappa shape index (κ1) is 13.5. The zero-order chi connectivity index (χ0) is 14.9. The topological polar surface area (TPSA) is 59.9 Å². The second kappa shape index (κ2) is 5.55. The van der Waals surface area contributed by atoms with E-state index in [4.69, 9.17) is 14.7 Å². The second-order valence-electron chi connectivity index (χ2n) is 6.07. The molecular weight excluding hydrogens is 276 g/mol. The fourth-order valence-electron chi connectivity index (χ4n) is 2.98. The molecule has 0 bridgehead atoms. The van der Waals surface area contributed by atoms with Crippen LogP contribution < -0.4 is 10.1 Å². The van der Waals surface area contributed by atoms with Gasteiger partial charge in [-0.1, -0.05) is 0 Å². The van der Waals surface area contributed by atoms with Gasteiger partial charge >= 0.3 is 0 Å². The maximum absolute atomic E-state index is 5.22. The Morgan fingerprint density at radius 2 is 2.14 bits per heavy atom. The summed E-state index contributed by atoms with van der Waals surface area (Å²) in [6.07, 6.45) is 9.41. The molecule has 0 radical (unpaired) electrons. The van der Waals surface area contributed by atoms with Crippen LogP contribution in [-0.2, 0) is 19.4 Å². The molecule has 22 heavy (non-hydrogen) atoms. The standard InChI is InChI=1S/C17H20N4O/c1-22-13-7-11(8-18-10-13)9-19-17-14-3-2-4-15(14)20-16(21-17)12-5-6-12/h7-8,10,12H,2-6,9H2,1H3,(H,19,20,21). The van der Waals surface area contributed by atoms with Gasteiger partial charge in [-0.15, -0.1) is 0 Å². The van der Waals surface area contributed by atoms with E-state index in [0.29, 0.717) is 12.5 Å². The van der Waals surface area contributed by atoms with Crippen molar-refractivity contribution in [3.63, 3.8) is 0 Å². The molecule has 4 rings (SSSR count). The number of fused-ring (bicyclic) bond motifs is 1. The summed E-state index contributed by atoms with van der Waals surface area (Å²) >= 11 is 0. The predicted octanol–water partition coefficient (Wildman–Crippen LogP) is 2.86. The molecule has 2 aliphatic carbocycles. The predicted molar refractivity (Wildman–Crippen MR) is 84.1 cm³/mol. The first-order valence-electron chi connectivity index (χ1n) is 7.95. The molecule has 0 aromatic carbocycles. The average Bonchev–Trinajstić information content (AvgIpc) is 3.30. The largest absolute Gasteiger partial charge is 0.495 e. The van der Waals surface area contributed by atoms with Gasteiger partial charge < -0.3 is 10.1 Å². The molecule has 0 aliphatic heterocycles. The highest BCUT2D eigenvalue weighted by molar-refractivity contribution is 5.49. The Kier molecular flexibility index (Phi) is 3.41. The number of nitrogens with zero attached hydrogens (tertiary/aromatic N) is 3. The molecule has 0 unspecified atom stereocenters. The van der Waals surface area contributed by atoms with Crippen molar-refractivity contribution in [1.29, 1.82) is 0 Å². The lowest BCUT2D eigenvalue weighted by molar-refractivity contribution is 0.412. The van der Waals surface area contributed by atoms with Crippen LogP contribution >= 0.6 is 0 Å². The van der Waals surface area contributed by atoms with Crippen molar-refractivity contribution in [3.05, 3.63) is 41.1 Å². The summed E-state index contributed by atoms with van der Waals surface area (Å²) in [5.41, 5.74) is 3.65. The molecule has 1 fully saturated rings. The first-order chi connectivity index (χ1) is 10.8. The highest BCUT2D eigenvalue weighted by Gasteiger charge is 2.29. The van der Waals surface area contributed by atoms with Crippen molar-refractivity contribution in [2.75, 3.05) is 12.4 Å². The highest BCUT2D eigenvalue weighted by atomic mass is 16.5. The van der Waals surface area contributed by atoms with Crippen LogP contribution in [0.5, 0.6) is 5.75 Å². The van der Waals surface area contributed by atoms with Gasteiger partial charge in [-0.05, 0) is 43.7 Å². The molecule has 0 atom stereocenters. The average molecular weight is 296 g/mol. The lowest BCUT2D eigenvalue weighted by atomic mass is 10.2. The zero-order valence-electron chi connectivity index (χ0n) is 12.8. The molecule has 5 nitrogen and oxygen atoms in total. The van der Waals surface area contributed by atoms with Crippen LogP contribution in [0.3, 0.4) is 0 Å². The van der Waals surface area contributed by atoms with Gasteiger partial charge in [0, 0.05) is 29.9 Å². The van der Waals surface area contributed by atoms with E-state index in [1.165, 1.54) is 30.5 Å². The summed E-state index contributed by atoms with van der Waals surface area (Å²) in [6, 6.07) is 2.00. The quantitative estimate of drug-likeness (QED) is 0.919. The van der Waals surface area contributed by atoms with Crippen LogP contribution in [0.1, 0.15) is 47.8 Å². The highest BCUT2D eigenvalue weighted by Crippen LogP contribution is 2.40. The number of anilines is 1. The molecule has 0 amide bonds. The van der Waals surface area contributed by atoms with Crippen molar-refractivity contribution >= 4 is 5.82 Å². The Hall–Kier alpha value is -2.17. The fraction of sp³-hybridized carbons (Fsp3) is 0.471. The van der Waals surface area contributed by atoms with Crippen molar-refractivity contribution < 1.29 is 4.74 Å². The van der Waals surface area contributed by atoms with Crippen molar-refractivity contribution in [2.24, 2.45) is 0 Å². The Morgan fingerprint density at radius 1 is 1.23 bits per heavy atom. The minimum atomic E-state index is 0.588. The maximum atomic E-state index is 5.22. The van der Waals surface area contributed by atoms with Crippen molar-refractivity contribution in [2.45, 2.75) is 44.6 Å². The third kappa shape index (κ3) is 2.63. The van der Waals surface area contributed by atoms with Crippen LogP contribution in [0, 0.1) is 0 Å². The molecular formula is C17H20N4O. The Morgan fingerprint density at radius 3 is 2.95 bits per heavy atom. The number of rotatable bonds is 5. The number of pyridine rings is 1. The van der Waals surface area contributed by atoms with Crippen LogP contribution in [-0.4, -0.2) is 22.1 Å². The molecule has 2 aromatic heterocycles. The second-order valence-corrected chi connectivity index (χ2v) is 6.07. The van der Waals surface area contributed by atoms with Gasteiger partial charge in [-0.2, -0.15) is 0 Å². The van der Waals surface area contributed by atoms with Crippen molar-refractivity contribution in [1.82, 2.24) is 15.0 Å². The van der Waals surface area contributed by atoms with Crippen LogP contribution in [0.4, 0.5) is 5.82 Å². The normalized spacial score (nSPS) is 16.4. The molecule has 5 heteroatoms. The van der Waals surface area contributed by atoms with Gasteiger partial charge in [0.15, 0.2) is 0 Å². The maximum Gasteiger partial charge on any atom is 0.137 e. The number of ether oxygens (including phenoxy) is 1. The van der Waals surface area contributed by atoms with Gasteiger partial charge in [0.25, 0.3) is 0 Å². The molecule has 0 spiro atoms. The lowest BCUT2D eigenvalue weighted by Gasteiger charge is -2.12. The van der Waals surface area contributed by atoms with Crippen LogP contribution in [0.2, 0.25) is 0 Å². The van der Waals surface area contributed by atoms with E-state index in [0.717, 1.165) is 35.8 Å². The number of hydrogen-bond acceptors (Lipinski definition) is 5. The van der Waals surface area contributed by atoms with E-state index in [-0.39, 0.29) is 0 Å². The smallest absolute Gasteiger partial charge is 0.137 e. The summed E-state index contributed by atoms with van der Waals surface area (Å²) in [4.78, 5) is 13.8. The third-order valence-corrected chi connectivity index (χ3v) is 4.36. The molecule has 0 saturated heterocycles. The Bertz CT molecular complexity index is 697. The number of methoxy groups -OCH3 is 1. The van der Waals surface area contributed by atoms with E-state index in [2.05, 4.69) is 10.3 Å². The fourth-order valence-corrected chi connectivity index (χ4v) is 2.98. The summed E-state index contributed by atoms with van der Waals surface area (Å²) in [5.74, 6) is 3.43. The van der Waals surface area contributed by atoms with E-state index < -0.39 is 0 Å². The van der Waals surface area contributed by atoms with Crippen LogP contribution in [0.15, 0.2) is 18.5 Å². The van der Waals surface area contributed by atoms with Gasteiger partial charge in [0.05, 0.1) is 13.3 Å². The number of aromatic nitrogens is 3. The molecule has 1 saturated carbocycles. The van der Waals surface area contributed by atoms with Crippen LogP contribution in [0.25, 0.3) is 0 Å². The minimum absolute atomic E-state index is 0.588. The molecule has 2 aromatic rings. The Balaban J connectivity index is 1.57. The lowest BCUT2D eigenvalue weighted by Crippen LogP contribution is -2.09. The minimum Gasteiger partial charge on any atom is -0.495 e. The van der Waals surface area contributed by atoms with E-state index in [1.807, 2.05) is 12.3 Å². The number of hydrogen-bond donors (Lipinski definition) is 1. The number of aryl methyl sites for hydroxylation is 1. The van der Waals surface area contributed by atoms with E-state index >= 15 is 0 Å². The zero-order valence-corrected chi connectivity index (χ0v) is 12.8. The summed E-state index contributed by atoms with van der Waals surface area (Å²) in [7, 11) is 1.66. The van der Waals surface area contributed by atoms with Gasteiger partial charge in [-0.25, -0.2) is 9.97 Å². The summed E-state index contributed by atoms with van der Waals surface area (Å²) < 4.78 is 5.22. The Labute approximate surface area is 130 Å². The first-order valence-corrected chi connectivity index (χ1v) is 7.95. The van der Waals surface area contributed by atoms with Gasteiger partial charge in [0.2, 0.25) is 0 Å². The molecule has 1 N–H and O–H groups in total. The van der Waals surface area contributed by atoms with E-state index in [1.54, 1.807) is 13.3 Å².